The average Bonchev–Trinajstić information content (AvgIpc) is 3.52. The molecule has 11 heteroatoms. The molecule has 2 amide bonds. The molecular weight excluding hydrogens is 555 g/mol. The highest BCUT2D eigenvalue weighted by Gasteiger charge is 2.57. The number of halogens is 2. The van der Waals surface area contributed by atoms with E-state index in [-0.39, 0.29) is 24.1 Å². The van der Waals surface area contributed by atoms with Gasteiger partial charge in [-0.1, -0.05) is 12.1 Å². The topological polar surface area (TPSA) is 71.6 Å². The number of rotatable bonds is 4. The predicted molar refractivity (Wildman–Crippen MR) is 161 cm³/mol. The van der Waals surface area contributed by atoms with Crippen molar-refractivity contribution >= 4 is 30.3 Å². The molecule has 0 N–H and O–H groups in total. The number of carbonyl (C=O) groups excluding carboxylic acids is 2. The highest BCUT2D eigenvalue weighted by molar-refractivity contribution is 6.62. The number of benzene rings is 1. The number of amides is 2. The second-order valence-electron chi connectivity index (χ2n) is 15.2. The number of alkyl halides is 2. The SMILES string of the molecule is CC(C)(C)OC(=O)N1CCC2(CC1)C(=O)N(C1CC(N3CCC(C(F)F)C3)C1)c1cc(B3OC(C)(C)C(C)(C)O3)ccc12. The van der Waals surface area contributed by atoms with E-state index in [1.807, 2.05) is 59.4 Å². The van der Waals surface area contributed by atoms with Crippen LogP contribution >= 0.6 is 0 Å². The molecule has 5 aliphatic rings. The van der Waals surface area contributed by atoms with Crippen LogP contribution < -0.4 is 10.4 Å². The normalized spacial score (nSPS) is 29.9. The summed E-state index contributed by atoms with van der Waals surface area (Å²) in [5.41, 5.74) is 0.454. The lowest BCUT2D eigenvalue weighted by Gasteiger charge is -2.46. The Kier molecular flexibility index (Phi) is 7.45. The number of hydrogen-bond donors (Lipinski definition) is 0. The van der Waals surface area contributed by atoms with Crippen LogP contribution in [-0.4, -0.2) is 90.4 Å². The number of ether oxygens (including phenoxy) is 1. The molecule has 6 rings (SSSR count). The van der Waals surface area contributed by atoms with Gasteiger partial charge in [0.1, 0.15) is 5.60 Å². The van der Waals surface area contributed by atoms with Gasteiger partial charge in [0, 0.05) is 43.3 Å². The average molecular weight is 602 g/mol. The van der Waals surface area contributed by atoms with Crippen molar-refractivity contribution in [2.75, 3.05) is 31.1 Å². The molecule has 4 fully saturated rings. The first-order chi connectivity index (χ1) is 20.0. The van der Waals surface area contributed by atoms with Crippen molar-refractivity contribution in [1.29, 1.82) is 0 Å². The molecule has 0 aromatic heterocycles. The summed E-state index contributed by atoms with van der Waals surface area (Å²) in [6, 6.07) is 6.33. The summed E-state index contributed by atoms with van der Waals surface area (Å²) < 4.78 is 45.0. The van der Waals surface area contributed by atoms with Crippen molar-refractivity contribution < 1.29 is 32.4 Å². The lowest BCUT2D eigenvalue weighted by Crippen LogP contribution is -2.58. The van der Waals surface area contributed by atoms with Gasteiger partial charge in [0.15, 0.2) is 0 Å². The third kappa shape index (κ3) is 5.27. The van der Waals surface area contributed by atoms with Gasteiger partial charge in [0.2, 0.25) is 12.3 Å². The van der Waals surface area contributed by atoms with Gasteiger partial charge in [-0.05, 0) is 104 Å². The largest absolute Gasteiger partial charge is 0.494 e. The molecule has 3 saturated heterocycles. The maximum atomic E-state index is 14.5. The standard InChI is InChI=1S/C32H46BF2N3O5/c1-29(2,3)41-28(40)36-14-11-32(12-15-36)24-9-8-21(33-42-30(4,5)31(6,7)43-33)16-25(24)38(27(32)39)23-17-22(18-23)37-13-10-20(19-37)26(34)35/h8-9,16,20,22-23,26H,10-15,17-19H2,1-7H3. The van der Waals surface area contributed by atoms with Crippen molar-refractivity contribution in [3.63, 3.8) is 0 Å². The predicted octanol–water partition coefficient (Wildman–Crippen LogP) is 4.72. The molecule has 1 spiro atoms. The minimum Gasteiger partial charge on any atom is -0.444 e. The van der Waals surface area contributed by atoms with Gasteiger partial charge in [-0.15, -0.1) is 0 Å². The van der Waals surface area contributed by atoms with Crippen molar-refractivity contribution in [2.24, 2.45) is 5.92 Å². The Morgan fingerprint density at radius 1 is 1.02 bits per heavy atom. The fraction of sp³-hybridized carbons (Fsp3) is 0.750. The lowest BCUT2D eigenvalue weighted by molar-refractivity contribution is -0.126. The summed E-state index contributed by atoms with van der Waals surface area (Å²) in [7, 11) is -0.553. The molecule has 43 heavy (non-hydrogen) atoms. The molecule has 1 aromatic carbocycles. The van der Waals surface area contributed by atoms with Gasteiger partial charge in [0.05, 0.1) is 16.6 Å². The number of nitrogens with zero attached hydrogens (tertiary/aromatic N) is 3. The van der Waals surface area contributed by atoms with Crippen molar-refractivity contribution in [3.8, 4) is 0 Å². The van der Waals surface area contributed by atoms with E-state index in [2.05, 4.69) is 17.0 Å². The number of hydrogen-bond acceptors (Lipinski definition) is 6. The van der Waals surface area contributed by atoms with Crippen molar-refractivity contribution in [3.05, 3.63) is 23.8 Å². The van der Waals surface area contributed by atoms with Gasteiger partial charge < -0.3 is 23.8 Å². The van der Waals surface area contributed by atoms with E-state index in [4.69, 9.17) is 14.0 Å². The second-order valence-corrected chi connectivity index (χ2v) is 15.2. The zero-order valence-electron chi connectivity index (χ0n) is 26.6. The maximum absolute atomic E-state index is 14.5. The Morgan fingerprint density at radius 2 is 1.65 bits per heavy atom. The number of fused-ring (bicyclic) bond motifs is 2. The molecule has 8 nitrogen and oxygen atoms in total. The summed E-state index contributed by atoms with van der Waals surface area (Å²) in [6.45, 7) is 15.6. The van der Waals surface area contributed by atoms with Crippen LogP contribution in [-0.2, 0) is 24.3 Å². The smallest absolute Gasteiger partial charge is 0.444 e. The van der Waals surface area contributed by atoms with Crippen LogP contribution in [0.5, 0.6) is 0 Å². The van der Waals surface area contributed by atoms with Gasteiger partial charge in [-0.3, -0.25) is 9.69 Å². The molecule has 1 aromatic rings. The number of anilines is 1. The van der Waals surface area contributed by atoms with Gasteiger partial charge in [-0.25, -0.2) is 13.6 Å². The van der Waals surface area contributed by atoms with Crippen LogP contribution in [0.2, 0.25) is 0 Å². The van der Waals surface area contributed by atoms with E-state index in [0.29, 0.717) is 45.4 Å². The van der Waals surface area contributed by atoms with E-state index in [0.717, 1.165) is 29.6 Å². The zero-order valence-corrected chi connectivity index (χ0v) is 26.6. The van der Waals surface area contributed by atoms with Gasteiger partial charge >= 0.3 is 13.2 Å². The van der Waals surface area contributed by atoms with E-state index in [1.54, 1.807) is 4.90 Å². The lowest BCUT2D eigenvalue weighted by atomic mass is 9.71. The quantitative estimate of drug-likeness (QED) is 0.466. The van der Waals surface area contributed by atoms with Crippen molar-refractivity contribution in [2.45, 2.75) is 121 Å². The van der Waals surface area contributed by atoms with Crippen LogP contribution in [0.3, 0.4) is 0 Å². The van der Waals surface area contributed by atoms with Crippen LogP contribution in [0.25, 0.3) is 0 Å². The molecule has 1 atom stereocenters. The first kappa shape index (κ1) is 30.8. The fourth-order valence-corrected chi connectivity index (χ4v) is 7.40. The Morgan fingerprint density at radius 3 is 2.21 bits per heavy atom. The fourth-order valence-electron chi connectivity index (χ4n) is 7.40. The van der Waals surface area contributed by atoms with Crippen LogP contribution in [0, 0.1) is 5.92 Å². The molecule has 4 aliphatic heterocycles. The molecule has 0 radical (unpaired) electrons. The Hall–Kier alpha value is -2.24. The van der Waals surface area contributed by atoms with Crippen LogP contribution in [0.1, 0.15) is 86.1 Å². The highest BCUT2D eigenvalue weighted by atomic mass is 19.3. The van der Waals surface area contributed by atoms with Crippen LogP contribution in [0.4, 0.5) is 19.3 Å². The molecule has 236 valence electrons. The third-order valence-corrected chi connectivity index (χ3v) is 10.8. The number of carbonyl (C=O) groups is 2. The molecule has 0 bridgehead atoms. The molecule has 4 heterocycles. The van der Waals surface area contributed by atoms with Gasteiger partial charge in [-0.2, -0.15) is 0 Å². The first-order valence-electron chi connectivity index (χ1n) is 15.9. The highest BCUT2D eigenvalue weighted by Crippen LogP contribution is 2.51. The Bertz CT molecular complexity index is 1250. The van der Waals surface area contributed by atoms with Gasteiger partial charge in [0.25, 0.3) is 0 Å². The third-order valence-electron chi connectivity index (χ3n) is 10.8. The van der Waals surface area contributed by atoms with Crippen LogP contribution in [0.15, 0.2) is 18.2 Å². The Balaban J connectivity index is 1.26. The zero-order chi connectivity index (χ0) is 31.1. The number of likely N-dealkylation sites (tertiary alicyclic amines) is 2. The monoisotopic (exact) mass is 601 g/mol. The minimum atomic E-state index is -2.28. The summed E-state index contributed by atoms with van der Waals surface area (Å²) in [5, 5.41) is 0. The van der Waals surface area contributed by atoms with E-state index in [9.17, 15) is 18.4 Å². The molecule has 1 aliphatic carbocycles. The second kappa shape index (κ2) is 10.4. The molecule has 1 saturated carbocycles. The summed E-state index contributed by atoms with van der Waals surface area (Å²) in [5.74, 6) is -0.484. The summed E-state index contributed by atoms with van der Waals surface area (Å²) >= 11 is 0. The van der Waals surface area contributed by atoms with E-state index in [1.165, 1.54) is 0 Å². The Labute approximate surface area is 254 Å². The molecule has 1 unspecified atom stereocenters. The maximum Gasteiger partial charge on any atom is 0.494 e. The first-order valence-corrected chi connectivity index (χ1v) is 15.9. The summed E-state index contributed by atoms with van der Waals surface area (Å²) in [4.78, 5) is 33.2. The minimum absolute atomic E-state index is 0.00124. The van der Waals surface area contributed by atoms with Crippen molar-refractivity contribution in [1.82, 2.24) is 9.80 Å². The molecular formula is C32H46BF2N3O5. The summed E-state index contributed by atoms with van der Waals surface area (Å²) in [6.07, 6.45) is 0.456. The van der Waals surface area contributed by atoms with E-state index >= 15 is 0 Å². The van der Waals surface area contributed by atoms with E-state index < -0.39 is 41.7 Å². The number of piperidine rings is 1.